The minimum atomic E-state index is 0.392. The van der Waals surface area contributed by atoms with Crippen LogP contribution in [-0.2, 0) is 0 Å². The smallest absolute Gasteiger partial charge is 0.158 e. The highest BCUT2D eigenvalue weighted by molar-refractivity contribution is 7.71. The largest absolute Gasteiger partial charge is 0.381 e. The number of rotatable bonds is 1. The predicted octanol–water partition coefficient (Wildman–Crippen LogP) is 0.473. The van der Waals surface area contributed by atoms with Crippen molar-refractivity contribution in [1.29, 1.82) is 0 Å². The summed E-state index contributed by atoms with van der Waals surface area (Å²) in [5.41, 5.74) is 5.57. The molecule has 5 nitrogen and oxygen atoms in total. The summed E-state index contributed by atoms with van der Waals surface area (Å²) < 4.78 is 0.520. The van der Waals surface area contributed by atoms with Crippen molar-refractivity contribution in [2.24, 2.45) is 0 Å². The molecule has 0 radical (unpaired) electrons. The van der Waals surface area contributed by atoms with Gasteiger partial charge in [0.1, 0.15) is 10.5 Å². The van der Waals surface area contributed by atoms with Gasteiger partial charge in [0, 0.05) is 26.2 Å². The molecule has 0 saturated carbocycles. The van der Waals surface area contributed by atoms with Crippen LogP contribution in [0.1, 0.15) is 0 Å². The van der Waals surface area contributed by atoms with Crippen molar-refractivity contribution >= 4 is 23.9 Å². The average molecular weight is 225 g/mol. The maximum atomic E-state index is 5.57. The number of nitrogens with zero attached hydrogens (tertiary/aromatic N) is 3. The number of nitrogens with one attached hydrogen (secondary N) is 1. The normalized spacial score (nSPS) is 18.1. The zero-order valence-electron chi connectivity index (χ0n) is 8.73. The van der Waals surface area contributed by atoms with E-state index in [2.05, 4.69) is 26.8 Å². The fourth-order valence-electron chi connectivity index (χ4n) is 1.61. The zero-order valence-corrected chi connectivity index (χ0v) is 9.55. The summed E-state index contributed by atoms with van der Waals surface area (Å²) in [5.74, 6) is 1.35. The highest BCUT2D eigenvalue weighted by Gasteiger charge is 2.14. The second kappa shape index (κ2) is 4.16. The molecule has 0 atom stereocenters. The van der Waals surface area contributed by atoms with E-state index in [4.69, 9.17) is 18.0 Å². The molecule has 1 saturated heterocycles. The van der Waals surface area contributed by atoms with Crippen molar-refractivity contribution in [2.45, 2.75) is 0 Å². The third kappa shape index (κ3) is 2.27. The first-order valence-corrected chi connectivity index (χ1v) is 5.36. The van der Waals surface area contributed by atoms with Gasteiger partial charge in [-0.2, -0.15) is 0 Å². The Balaban J connectivity index is 2.16. The van der Waals surface area contributed by atoms with Gasteiger partial charge in [0.15, 0.2) is 5.82 Å². The predicted molar refractivity (Wildman–Crippen MR) is 63.5 cm³/mol. The average Bonchev–Trinajstić information content (AvgIpc) is 2.23. The molecule has 2 heterocycles. The molecule has 2 rings (SSSR count). The van der Waals surface area contributed by atoms with E-state index in [1.165, 1.54) is 0 Å². The molecule has 0 aromatic carbocycles. The van der Waals surface area contributed by atoms with Crippen LogP contribution < -0.4 is 10.6 Å². The fraction of sp³-hybridized carbons (Fsp3) is 0.556. The highest BCUT2D eigenvalue weighted by atomic mass is 32.1. The Morgan fingerprint density at radius 3 is 2.67 bits per heavy atom. The maximum Gasteiger partial charge on any atom is 0.158 e. The molecule has 82 valence electrons. The van der Waals surface area contributed by atoms with Crippen LogP contribution >= 0.6 is 12.2 Å². The number of hydrogen-bond donors (Lipinski definition) is 2. The Morgan fingerprint density at radius 1 is 1.40 bits per heavy atom. The second-order valence-corrected chi connectivity index (χ2v) is 4.18. The summed E-state index contributed by atoms with van der Waals surface area (Å²) in [6.45, 7) is 4.11. The molecule has 1 aliphatic rings. The summed E-state index contributed by atoms with van der Waals surface area (Å²) >= 11 is 5.05. The van der Waals surface area contributed by atoms with E-state index in [-0.39, 0.29) is 0 Å². The van der Waals surface area contributed by atoms with Gasteiger partial charge in [-0.1, -0.05) is 12.2 Å². The molecule has 15 heavy (non-hydrogen) atoms. The Hall–Kier alpha value is -1.14. The van der Waals surface area contributed by atoms with Crippen molar-refractivity contribution in [1.82, 2.24) is 14.9 Å². The summed E-state index contributed by atoms with van der Waals surface area (Å²) in [6, 6.07) is 0. The zero-order chi connectivity index (χ0) is 10.8. The number of nitrogen functional groups attached to an aromatic ring is 1. The van der Waals surface area contributed by atoms with Gasteiger partial charge in [-0.15, -0.1) is 0 Å². The minimum Gasteiger partial charge on any atom is -0.381 e. The Morgan fingerprint density at radius 2 is 2.07 bits per heavy atom. The van der Waals surface area contributed by atoms with Crippen molar-refractivity contribution in [2.75, 3.05) is 43.9 Å². The van der Waals surface area contributed by atoms with E-state index in [0.29, 0.717) is 10.5 Å². The van der Waals surface area contributed by atoms with Gasteiger partial charge in [-0.05, 0) is 7.05 Å². The third-order valence-electron chi connectivity index (χ3n) is 2.64. The number of H-pyrrole nitrogens is 1. The monoisotopic (exact) mass is 225 g/mol. The summed E-state index contributed by atoms with van der Waals surface area (Å²) in [6.07, 6.45) is 1.75. The van der Waals surface area contributed by atoms with Gasteiger partial charge >= 0.3 is 0 Å². The van der Waals surface area contributed by atoms with Crippen molar-refractivity contribution in [3.05, 3.63) is 10.8 Å². The quantitative estimate of drug-likeness (QED) is 0.680. The molecule has 0 amide bonds. The number of hydrogen-bond acceptors (Lipinski definition) is 5. The molecule has 1 fully saturated rings. The van der Waals surface area contributed by atoms with Crippen LogP contribution in [0.4, 0.5) is 11.6 Å². The van der Waals surface area contributed by atoms with Crippen LogP contribution in [0.5, 0.6) is 0 Å². The van der Waals surface area contributed by atoms with E-state index in [1.54, 1.807) is 6.20 Å². The van der Waals surface area contributed by atoms with E-state index in [9.17, 15) is 0 Å². The van der Waals surface area contributed by atoms with Crippen molar-refractivity contribution in [3.63, 3.8) is 0 Å². The minimum absolute atomic E-state index is 0.392. The molecule has 0 bridgehead atoms. The van der Waals surface area contributed by atoms with Crippen LogP contribution in [0.3, 0.4) is 0 Å². The first kappa shape index (κ1) is 10.4. The van der Waals surface area contributed by atoms with Gasteiger partial charge < -0.3 is 20.5 Å². The van der Waals surface area contributed by atoms with Crippen LogP contribution in [0.2, 0.25) is 0 Å². The lowest BCUT2D eigenvalue weighted by Crippen LogP contribution is -2.44. The van der Waals surface area contributed by atoms with Gasteiger partial charge in [0.2, 0.25) is 0 Å². The molecular formula is C9H15N5S. The van der Waals surface area contributed by atoms with Crippen LogP contribution in [0.25, 0.3) is 0 Å². The second-order valence-electron chi connectivity index (χ2n) is 3.77. The van der Waals surface area contributed by atoms with Crippen molar-refractivity contribution < 1.29 is 0 Å². The molecule has 0 spiro atoms. The summed E-state index contributed by atoms with van der Waals surface area (Å²) in [4.78, 5) is 11.7. The number of aromatic amines is 1. The van der Waals surface area contributed by atoms with Crippen LogP contribution in [0, 0.1) is 4.64 Å². The lowest BCUT2D eigenvalue weighted by molar-refractivity contribution is 0.312. The van der Waals surface area contributed by atoms with E-state index >= 15 is 0 Å². The summed E-state index contributed by atoms with van der Waals surface area (Å²) in [5, 5.41) is 0. The number of piperazine rings is 1. The van der Waals surface area contributed by atoms with Gasteiger partial charge in [-0.25, -0.2) is 4.98 Å². The SMILES string of the molecule is CN1CCN(c2cnc(N)c(=S)[nH]2)CC1. The van der Waals surface area contributed by atoms with E-state index in [0.717, 1.165) is 32.0 Å². The Labute approximate surface area is 93.9 Å². The number of nitrogens with two attached hydrogens (primary N) is 1. The number of anilines is 2. The molecule has 0 aliphatic carbocycles. The topological polar surface area (TPSA) is 61.2 Å². The van der Waals surface area contributed by atoms with E-state index in [1.807, 2.05) is 0 Å². The Bertz CT molecular complexity index is 394. The first-order valence-electron chi connectivity index (χ1n) is 4.95. The molecule has 0 unspecified atom stereocenters. The lowest BCUT2D eigenvalue weighted by Gasteiger charge is -2.33. The molecule has 1 aromatic rings. The van der Waals surface area contributed by atoms with Gasteiger partial charge in [0.05, 0.1) is 6.20 Å². The van der Waals surface area contributed by atoms with Gasteiger partial charge in [0.25, 0.3) is 0 Å². The molecular weight excluding hydrogens is 210 g/mol. The highest BCUT2D eigenvalue weighted by Crippen LogP contribution is 2.13. The lowest BCUT2D eigenvalue weighted by atomic mass is 10.3. The molecule has 3 N–H and O–H groups in total. The summed E-state index contributed by atoms with van der Waals surface area (Å²) in [7, 11) is 2.13. The molecule has 6 heteroatoms. The molecule has 1 aromatic heterocycles. The standard InChI is InChI=1S/C9H15N5S/c1-13-2-4-14(5-3-13)7-6-11-8(10)9(15)12-7/h6H,2-5H2,1H3,(H2,10,11)(H,12,15). The van der Waals surface area contributed by atoms with Gasteiger partial charge in [-0.3, -0.25) is 0 Å². The fourth-order valence-corrected chi connectivity index (χ4v) is 1.77. The molecule has 1 aliphatic heterocycles. The number of likely N-dealkylation sites (N-methyl/N-ethyl adjacent to an activating group) is 1. The van der Waals surface area contributed by atoms with Crippen molar-refractivity contribution in [3.8, 4) is 0 Å². The first-order chi connectivity index (χ1) is 7.16. The van der Waals surface area contributed by atoms with E-state index < -0.39 is 0 Å². The number of aromatic nitrogens is 2. The van der Waals surface area contributed by atoms with Crippen LogP contribution in [-0.4, -0.2) is 48.1 Å². The Kier molecular flexibility index (Phi) is 2.88. The van der Waals surface area contributed by atoms with Crippen LogP contribution in [0.15, 0.2) is 6.20 Å². The maximum absolute atomic E-state index is 5.57. The third-order valence-corrected chi connectivity index (χ3v) is 2.96.